The first-order valence-corrected chi connectivity index (χ1v) is 5.83. The molecule has 2 rings (SSSR count). The van der Waals surface area contributed by atoms with Gasteiger partial charge in [-0.25, -0.2) is 0 Å². The van der Waals surface area contributed by atoms with Gasteiger partial charge in [-0.15, -0.1) is 0 Å². The van der Waals surface area contributed by atoms with Crippen LogP contribution in [0.15, 0.2) is 24.7 Å². The van der Waals surface area contributed by atoms with E-state index in [1.165, 1.54) is 16.5 Å². The molecule has 2 aromatic rings. The van der Waals surface area contributed by atoms with E-state index in [0.717, 1.165) is 5.52 Å². The highest BCUT2D eigenvalue weighted by Crippen LogP contribution is 2.28. The van der Waals surface area contributed by atoms with Crippen LogP contribution >= 0.6 is 0 Å². The molecule has 16 heavy (non-hydrogen) atoms. The fourth-order valence-electron chi connectivity index (χ4n) is 2.03. The second-order valence-corrected chi connectivity index (χ2v) is 4.83. The van der Waals surface area contributed by atoms with Gasteiger partial charge in [-0.2, -0.15) is 0 Å². The summed E-state index contributed by atoms with van der Waals surface area (Å²) in [6.07, 6.45) is 5.78. The Morgan fingerprint density at radius 1 is 0.938 bits per heavy atom. The van der Waals surface area contributed by atoms with Crippen molar-refractivity contribution in [1.82, 2.24) is 9.97 Å². The number of rotatable bonds is 2. The van der Waals surface area contributed by atoms with Crippen LogP contribution in [0.1, 0.15) is 50.7 Å². The zero-order valence-electron chi connectivity index (χ0n) is 10.4. The lowest BCUT2D eigenvalue weighted by Gasteiger charge is -2.12. The Bertz CT molecular complexity index is 454. The highest BCUT2D eigenvalue weighted by molar-refractivity contribution is 5.84. The monoisotopic (exact) mass is 214 g/mol. The number of pyridine rings is 2. The van der Waals surface area contributed by atoms with Gasteiger partial charge in [0.2, 0.25) is 0 Å². The van der Waals surface area contributed by atoms with Gasteiger partial charge < -0.3 is 0 Å². The number of hydrogen-bond donors (Lipinski definition) is 0. The van der Waals surface area contributed by atoms with Crippen LogP contribution < -0.4 is 0 Å². The maximum atomic E-state index is 4.51. The maximum absolute atomic E-state index is 4.51. The molecule has 2 nitrogen and oxygen atoms in total. The number of aromatic nitrogens is 2. The van der Waals surface area contributed by atoms with E-state index < -0.39 is 0 Å². The molecule has 0 saturated carbocycles. The third-order valence-corrected chi connectivity index (χ3v) is 2.96. The van der Waals surface area contributed by atoms with Gasteiger partial charge in [-0.1, -0.05) is 27.7 Å². The lowest BCUT2D eigenvalue weighted by molar-refractivity contribution is 0.856. The first kappa shape index (κ1) is 11.1. The summed E-state index contributed by atoms with van der Waals surface area (Å²) in [7, 11) is 0. The van der Waals surface area contributed by atoms with Crippen molar-refractivity contribution in [2.45, 2.75) is 39.5 Å². The first-order chi connectivity index (χ1) is 7.61. The minimum atomic E-state index is 0.464. The normalized spacial score (nSPS) is 11.6. The van der Waals surface area contributed by atoms with Gasteiger partial charge in [0.25, 0.3) is 0 Å². The van der Waals surface area contributed by atoms with Crippen LogP contribution in [0.5, 0.6) is 0 Å². The van der Waals surface area contributed by atoms with E-state index in [4.69, 9.17) is 0 Å². The molecule has 2 heterocycles. The summed E-state index contributed by atoms with van der Waals surface area (Å²) < 4.78 is 0. The summed E-state index contributed by atoms with van der Waals surface area (Å²) in [6.45, 7) is 8.77. The molecule has 0 atom stereocenters. The molecule has 0 spiro atoms. The smallest absolute Gasteiger partial charge is 0.0770 e. The van der Waals surface area contributed by atoms with Crippen molar-refractivity contribution in [3.63, 3.8) is 0 Å². The molecular weight excluding hydrogens is 196 g/mol. The molecule has 0 aliphatic carbocycles. The van der Waals surface area contributed by atoms with Crippen LogP contribution in [0.25, 0.3) is 10.9 Å². The Labute approximate surface area is 96.7 Å². The maximum Gasteiger partial charge on any atom is 0.0770 e. The Hall–Kier alpha value is -1.44. The molecule has 0 aromatic carbocycles. The summed E-state index contributed by atoms with van der Waals surface area (Å²) in [6, 6.07) is 2.10. The van der Waals surface area contributed by atoms with E-state index in [0.29, 0.717) is 11.8 Å². The third kappa shape index (κ3) is 1.80. The molecule has 2 aromatic heterocycles. The summed E-state index contributed by atoms with van der Waals surface area (Å²) in [5, 5.41) is 1.20. The van der Waals surface area contributed by atoms with Crippen molar-refractivity contribution in [2.75, 3.05) is 0 Å². The predicted molar refractivity (Wildman–Crippen MR) is 67.7 cm³/mol. The lowest BCUT2D eigenvalue weighted by Crippen LogP contribution is -1.97. The van der Waals surface area contributed by atoms with Gasteiger partial charge in [0.15, 0.2) is 0 Å². The average molecular weight is 214 g/mol. The van der Waals surface area contributed by atoms with Gasteiger partial charge in [0.1, 0.15) is 0 Å². The van der Waals surface area contributed by atoms with Gasteiger partial charge in [0.05, 0.1) is 5.52 Å². The van der Waals surface area contributed by atoms with Crippen LogP contribution in [0.3, 0.4) is 0 Å². The molecule has 0 amide bonds. The zero-order chi connectivity index (χ0) is 11.7. The third-order valence-electron chi connectivity index (χ3n) is 2.96. The Morgan fingerprint density at radius 3 is 2.25 bits per heavy atom. The standard InChI is InChI=1S/C14H18N2/c1-9(2)11-5-6-16-14-12(10(3)4)7-15-8-13(11)14/h5-10H,1-4H3. The van der Waals surface area contributed by atoms with Gasteiger partial charge >= 0.3 is 0 Å². The molecule has 0 saturated heterocycles. The van der Waals surface area contributed by atoms with Gasteiger partial charge in [0, 0.05) is 24.0 Å². The molecule has 2 heteroatoms. The molecule has 84 valence electrons. The van der Waals surface area contributed by atoms with Crippen LogP contribution in [-0.2, 0) is 0 Å². The van der Waals surface area contributed by atoms with Crippen molar-refractivity contribution in [3.8, 4) is 0 Å². The highest BCUT2D eigenvalue weighted by Gasteiger charge is 2.11. The zero-order valence-corrected chi connectivity index (χ0v) is 10.4. The molecular formula is C14H18N2. The van der Waals surface area contributed by atoms with Crippen LogP contribution in [-0.4, -0.2) is 9.97 Å². The van der Waals surface area contributed by atoms with Crippen molar-refractivity contribution < 1.29 is 0 Å². The van der Waals surface area contributed by atoms with E-state index >= 15 is 0 Å². The summed E-state index contributed by atoms with van der Waals surface area (Å²) in [5.74, 6) is 0.973. The van der Waals surface area contributed by atoms with E-state index in [1.807, 2.05) is 18.6 Å². The second-order valence-electron chi connectivity index (χ2n) is 4.83. The van der Waals surface area contributed by atoms with E-state index in [-0.39, 0.29) is 0 Å². The van der Waals surface area contributed by atoms with Crippen molar-refractivity contribution in [2.24, 2.45) is 0 Å². The largest absolute Gasteiger partial charge is 0.264 e. The molecule has 0 fully saturated rings. The van der Waals surface area contributed by atoms with Crippen LogP contribution in [0.2, 0.25) is 0 Å². The lowest BCUT2D eigenvalue weighted by atomic mass is 9.96. The Kier molecular flexibility index (Phi) is 2.90. The number of hydrogen-bond acceptors (Lipinski definition) is 2. The summed E-state index contributed by atoms with van der Waals surface area (Å²) in [4.78, 5) is 8.84. The molecule has 0 N–H and O–H groups in total. The van der Waals surface area contributed by atoms with E-state index in [1.54, 1.807) is 0 Å². The second kappa shape index (κ2) is 4.20. The first-order valence-electron chi connectivity index (χ1n) is 5.83. The minimum Gasteiger partial charge on any atom is -0.264 e. The number of nitrogens with zero attached hydrogens (tertiary/aromatic N) is 2. The molecule has 0 radical (unpaired) electrons. The molecule has 0 aliphatic rings. The quantitative estimate of drug-likeness (QED) is 0.758. The topological polar surface area (TPSA) is 25.8 Å². The van der Waals surface area contributed by atoms with Crippen molar-refractivity contribution in [1.29, 1.82) is 0 Å². The van der Waals surface area contributed by atoms with Crippen LogP contribution in [0, 0.1) is 0 Å². The van der Waals surface area contributed by atoms with Gasteiger partial charge in [-0.05, 0) is 29.0 Å². The average Bonchev–Trinajstić information content (AvgIpc) is 2.27. The van der Waals surface area contributed by atoms with Gasteiger partial charge in [-0.3, -0.25) is 9.97 Å². The highest BCUT2D eigenvalue weighted by atomic mass is 14.7. The van der Waals surface area contributed by atoms with E-state index in [9.17, 15) is 0 Å². The predicted octanol–water partition coefficient (Wildman–Crippen LogP) is 3.88. The Morgan fingerprint density at radius 2 is 1.62 bits per heavy atom. The number of fused-ring (bicyclic) bond motifs is 1. The van der Waals surface area contributed by atoms with Crippen LogP contribution in [0.4, 0.5) is 0 Å². The van der Waals surface area contributed by atoms with Crippen molar-refractivity contribution in [3.05, 3.63) is 35.8 Å². The Balaban J connectivity index is 2.76. The fourth-order valence-corrected chi connectivity index (χ4v) is 2.03. The van der Waals surface area contributed by atoms with E-state index in [2.05, 4.69) is 43.7 Å². The molecule has 0 bridgehead atoms. The fraction of sp³-hybridized carbons (Fsp3) is 0.429. The summed E-state index contributed by atoms with van der Waals surface area (Å²) in [5.41, 5.74) is 3.68. The molecule has 0 unspecified atom stereocenters. The summed E-state index contributed by atoms with van der Waals surface area (Å²) >= 11 is 0. The van der Waals surface area contributed by atoms with Crippen molar-refractivity contribution >= 4 is 10.9 Å². The minimum absolute atomic E-state index is 0.464. The molecule has 0 aliphatic heterocycles. The SMILES string of the molecule is CC(C)c1ccnc2c(C(C)C)cncc12.